The molecule has 3 fully saturated rings. The number of hydrogen-bond acceptors (Lipinski definition) is 5. The normalized spacial score (nSPS) is 21.2. The minimum atomic E-state index is -3.60. The van der Waals surface area contributed by atoms with Crippen molar-refractivity contribution in [3.63, 3.8) is 0 Å². The zero-order chi connectivity index (χ0) is 23.8. The second-order valence-corrected chi connectivity index (χ2v) is 11.2. The van der Waals surface area contributed by atoms with Crippen molar-refractivity contribution in [1.29, 1.82) is 0 Å². The first-order valence-corrected chi connectivity index (χ1v) is 13.1. The van der Waals surface area contributed by atoms with Crippen molar-refractivity contribution in [2.45, 2.75) is 62.8 Å². The minimum absolute atomic E-state index is 0.0822. The third kappa shape index (κ3) is 4.50. The summed E-state index contributed by atoms with van der Waals surface area (Å²) in [6.45, 7) is 5.09. The Morgan fingerprint density at radius 1 is 1.06 bits per heavy atom. The van der Waals surface area contributed by atoms with Gasteiger partial charge in [-0.3, -0.25) is 14.5 Å². The van der Waals surface area contributed by atoms with Gasteiger partial charge in [0.15, 0.2) is 0 Å². The van der Waals surface area contributed by atoms with Crippen LogP contribution < -0.4 is 5.32 Å². The molecular formula is C23H32N4O5S. The summed E-state index contributed by atoms with van der Waals surface area (Å²) < 4.78 is 27.5. The van der Waals surface area contributed by atoms with Gasteiger partial charge in [0.05, 0.1) is 4.90 Å². The zero-order valence-corrected chi connectivity index (χ0v) is 20.1. The Labute approximate surface area is 195 Å². The van der Waals surface area contributed by atoms with E-state index in [1.165, 1.54) is 9.21 Å². The van der Waals surface area contributed by atoms with E-state index in [9.17, 15) is 22.8 Å². The molecule has 1 aliphatic carbocycles. The van der Waals surface area contributed by atoms with Gasteiger partial charge >= 0.3 is 6.03 Å². The van der Waals surface area contributed by atoms with Crippen LogP contribution in [0.5, 0.6) is 0 Å². The van der Waals surface area contributed by atoms with Crippen LogP contribution in [0.2, 0.25) is 0 Å². The van der Waals surface area contributed by atoms with Crippen molar-refractivity contribution in [3.05, 3.63) is 29.3 Å². The van der Waals surface area contributed by atoms with Crippen molar-refractivity contribution in [1.82, 2.24) is 19.4 Å². The summed E-state index contributed by atoms with van der Waals surface area (Å²) in [5, 5.41) is 2.85. The lowest BCUT2D eigenvalue weighted by Crippen LogP contribution is -2.50. The molecule has 0 unspecified atom stereocenters. The molecule has 0 atom stereocenters. The van der Waals surface area contributed by atoms with Gasteiger partial charge in [-0.15, -0.1) is 0 Å². The van der Waals surface area contributed by atoms with E-state index >= 15 is 0 Å². The van der Waals surface area contributed by atoms with E-state index in [1.54, 1.807) is 24.0 Å². The second kappa shape index (κ2) is 9.06. The molecule has 2 saturated heterocycles. The maximum atomic E-state index is 13.0. The van der Waals surface area contributed by atoms with Gasteiger partial charge in [-0.1, -0.05) is 30.5 Å². The van der Waals surface area contributed by atoms with Crippen LogP contribution in [0.3, 0.4) is 0 Å². The molecule has 1 aromatic rings. The van der Waals surface area contributed by atoms with E-state index in [2.05, 4.69) is 5.32 Å². The number of urea groups is 1. The molecule has 1 N–H and O–H groups in total. The number of hydrogen-bond donors (Lipinski definition) is 1. The zero-order valence-electron chi connectivity index (χ0n) is 19.3. The lowest BCUT2D eigenvalue weighted by atomic mass is 9.98. The first-order valence-electron chi connectivity index (χ1n) is 11.6. The number of sulfonamides is 1. The monoisotopic (exact) mass is 476 g/mol. The van der Waals surface area contributed by atoms with Gasteiger partial charge < -0.3 is 10.2 Å². The van der Waals surface area contributed by atoms with Gasteiger partial charge in [0.2, 0.25) is 15.9 Å². The lowest BCUT2D eigenvalue weighted by molar-refractivity contribution is -0.134. The van der Waals surface area contributed by atoms with E-state index in [-0.39, 0.29) is 43.9 Å². The second-order valence-electron chi connectivity index (χ2n) is 9.33. The Kier molecular flexibility index (Phi) is 6.50. The summed E-state index contributed by atoms with van der Waals surface area (Å²) in [6, 6.07) is 4.93. The standard InChI is InChI=1S/C23H32N4O5S/c1-17-7-8-19(18(2)16-17)33(31,32)26-14-12-25(13-15-26)20(28)6-5-11-27-21(29)23(24-22(27)30)9-3-4-10-23/h7-8,16H,3-6,9-15H2,1-2H3,(H,24,30). The van der Waals surface area contributed by atoms with Gasteiger partial charge in [-0.05, 0) is 44.7 Å². The van der Waals surface area contributed by atoms with Gasteiger partial charge in [0.1, 0.15) is 5.54 Å². The number of nitrogens with zero attached hydrogens (tertiary/aromatic N) is 3. The molecule has 9 nitrogen and oxygen atoms in total. The van der Waals surface area contributed by atoms with Crippen LogP contribution in [0.25, 0.3) is 0 Å². The van der Waals surface area contributed by atoms with Crippen LogP contribution in [0, 0.1) is 13.8 Å². The van der Waals surface area contributed by atoms with Crippen LogP contribution >= 0.6 is 0 Å². The highest BCUT2D eigenvalue weighted by Gasteiger charge is 2.52. The molecule has 10 heteroatoms. The Morgan fingerprint density at radius 3 is 2.36 bits per heavy atom. The van der Waals surface area contributed by atoms with E-state index in [0.717, 1.165) is 18.4 Å². The number of rotatable bonds is 6. The van der Waals surface area contributed by atoms with E-state index in [0.29, 0.717) is 42.8 Å². The molecule has 33 heavy (non-hydrogen) atoms. The average molecular weight is 477 g/mol. The summed E-state index contributed by atoms with van der Waals surface area (Å²) in [7, 11) is -3.60. The third-order valence-electron chi connectivity index (χ3n) is 7.01. The number of carbonyl (C=O) groups excluding carboxylic acids is 3. The van der Waals surface area contributed by atoms with Gasteiger partial charge in [0.25, 0.3) is 5.91 Å². The van der Waals surface area contributed by atoms with Gasteiger partial charge in [-0.2, -0.15) is 4.31 Å². The molecule has 180 valence electrons. The highest BCUT2D eigenvalue weighted by atomic mass is 32.2. The number of carbonyl (C=O) groups is 3. The Morgan fingerprint density at radius 2 is 1.73 bits per heavy atom. The number of benzene rings is 1. The molecule has 4 rings (SSSR count). The maximum Gasteiger partial charge on any atom is 0.325 e. The minimum Gasteiger partial charge on any atom is -0.340 e. The van der Waals surface area contributed by atoms with Gasteiger partial charge in [-0.25, -0.2) is 13.2 Å². The topological polar surface area (TPSA) is 107 Å². The summed E-state index contributed by atoms with van der Waals surface area (Å²) in [6.07, 6.45) is 3.85. The lowest BCUT2D eigenvalue weighted by Gasteiger charge is -2.34. The predicted octanol–water partition coefficient (Wildman–Crippen LogP) is 1.78. The average Bonchev–Trinajstić information content (AvgIpc) is 3.33. The molecule has 1 spiro atoms. The molecule has 1 aromatic carbocycles. The summed E-state index contributed by atoms with van der Waals surface area (Å²) in [5.74, 6) is -0.246. The van der Waals surface area contributed by atoms with E-state index in [1.807, 2.05) is 13.0 Å². The number of piperazine rings is 1. The van der Waals surface area contributed by atoms with E-state index < -0.39 is 15.6 Å². The molecule has 0 bridgehead atoms. The fraction of sp³-hybridized carbons (Fsp3) is 0.609. The number of imide groups is 1. The van der Waals surface area contributed by atoms with Crippen molar-refractivity contribution >= 4 is 27.9 Å². The fourth-order valence-corrected chi connectivity index (χ4v) is 6.78. The fourth-order valence-electron chi connectivity index (χ4n) is 5.15. The first-order chi connectivity index (χ1) is 15.6. The van der Waals surface area contributed by atoms with Crippen molar-refractivity contribution in [2.75, 3.05) is 32.7 Å². The van der Waals surface area contributed by atoms with Crippen LogP contribution in [0.15, 0.2) is 23.1 Å². The molecule has 3 aliphatic rings. The van der Waals surface area contributed by atoms with Gasteiger partial charge in [0, 0.05) is 39.1 Å². The van der Waals surface area contributed by atoms with Crippen LogP contribution in [0.1, 0.15) is 49.7 Å². The quantitative estimate of drug-likeness (QED) is 0.630. The third-order valence-corrected chi connectivity index (χ3v) is 9.07. The summed E-state index contributed by atoms with van der Waals surface area (Å²) >= 11 is 0. The largest absolute Gasteiger partial charge is 0.340 e. The summed E-state index contributed by atoms with van der Waals surface area (Å²) in [5.41, 5.74) is 1.00. The van der Waals surface area contributed by atoms with Crippen molar-refractivity contribution in [2.24, 2.45) is 0 Å². The predicted molar refractivity (Wildman–Crippen MR) is 122 cm³/mol. The van der Waals surface area contributed by atoms with Crippen LogP contribution in [-0.2, 0) is 19.6 Å². The smallest absolute Gasteiger partial charge is 0.325 e. The summed E-state index contributed by atoms with van der Waals surface area (Å²) in [4.78, 5) is 40.8. The number of amides is 4. The molecular weight excluding hydrogens is 444 g/mol. The Bertz CT molecular complexity index is 1060. The van der Waals surface area contributed by atoms with Crippen LogP contribution in [0.4, 0.5) is 4.79 Å². The molecule has 2 aliphatic heterocycles. The SMILES string of the molecule is Cc1ccc(S(=O)(=O)N2CCN(C(=O)CCCN3C(=O)NC4(CCCC4)C3=O)CC2)c(C)c1. The van der Waals surface area contributed by atoms with Crippen LogP contribution in [-0.4, -0.2) is 78.6 Å². The van der Waals surface area contributed by atoms with Crippen molar-refractivity contribution < 1.29 is 22.8 Å². The number of nitrogens with one attached hydrogen (secondary N) is 1. The highest BCUT2D eigenvalue weighted by Crippen LogP contribution is 2.35. The first kappa shape index (κ1) is 23.7. The Hall–Kier alpha value is -2.46. The molecule has 0 radical (unpaired) electrons. The maximum absolute atomic E-state index is 13.0. The van der Waals surface area contributed by atoms with E-state index in [4.69, 9.17) is 0 Å². The number of aryl methyl sites for hydroxylation is 2. The van der Waals surface area contributed by atoms with Crippen molar-refractivity contribution in [3.8, 4) is 0 Å². The molecule has 1 saturated carbocycles. The molecule has 4 amide bonds. The molecule has 0 aromatic heterocycles. The molecule has 2 heterocycles. The highest BCUT2D eigenvalue weighted by molar-refractivity contribution is 7.89. The Balaban J connectivity index is 1.27.